The van der Waals surface area contributed by atoms with E-state index in [1.54, 1.807) is 12.1 Å². The van der Waals surface area contributed by atoms with Crippen molar-refractivity contribution in [3.8, 4) is 11.5 Å². The van der Waals surface area contributed by atoms with Crippen molar-refractivity contribution in [3.05, 3.63) is 35.1 Å². The topological polar surface area (TPSA) is 132 Å². The lowest BCUT2D eigenvalue weighted by Crippen LogP contribution is -2.69. The molecule has 0 unspecified atom stereocenters. The number of hydrogen-bond acceptors (Lipinski definition) is 9. The molecule has 9 heteroatoms. The Morgan fingerprint density at radius 1 is 1.39 bits per heavy atom. The number of hydrogen-bond donors (Lipinski definition) is 3. The minimum Gasteiger partial charge on any atom is -0.504 e. The summed E-state index contributed by atoms with van der Waals surface area (Å²) in [6, 6.07) is 3.26. The van der Waals surface area contributed by atoms with Gasteiger partial charge in [-0.1, -0.05) is 13.0 Å². The van der Waals surface area contributed by atoms with Crippen LogP contribution in [-0.4, -0.2) is 71.0 Å². The van der Waals surface area contributed by atoms with Gasteiger partial charge in [0.15, 0.2) is 23.7 Å². The Balaban J connectivity index is 1.71. The van der Waals surface area contributed by atoms with Gasteiger partial charge in [-0.05, 0) is 51.6 Å². The lowest BCUT2D eigenvalue weighted by atomic mass is 9.54. The third-order valence-electron chi connectivity index (χ3n) is 7.48. The second-order valence-electron chi connectivity index (χ2n) is 9.27. The number of aliphatic hydroxyl groups is 1. The summed E-state index contributed by atoms with van der Waals surface area (Å²) in [5, 5.41) is 22.6. The fraction of sp³-hybridized carbons (Fsp3) is 0.583. The molecule has 0 bridgehead atoms. The van der Waals surface area contributed by atoms with E-state index in [4.69, 9.17) is 19.9 Å². The monoisotopic (exact) mass is 460 g/mol. The average molecular weight is 461 g/mol. The molecular formula is C24H32N2O7. The van der Waals surface area contributed by atoms with Gasteiger partial charge in [-0.25, -0.2) is 4.79 Å². The van der Waals surface area contributed by atoms with Crippen LogP contribution in [0.1, 0.15) is 44.7 Å². The number of rotatable bonds is 7. The van der Waals surface area contributed by atoms with Gasteiger partial charge in [-0.3, -0.25) is 4.79 Å². The van der Waals surface area contributed by atoms with E-state index >= 15 is 0 Å². The molecule has 0 fully saturated rings. The second kappa shape index (κ2) is 8.30. The molecule has 2 aliphatic carbocycles. The van der Waals surface area contributed by atoms with Gasteiger partial charge in [0.05, 0.1) is 17.4 Å². The zero-order valence-electron chi connectivity index (χ0n) is 19.5. The largest absolute Gasteiger partial charge is 0.504 e. The highest BCUT2D eigenvalue weighted by Crippen LogP contribution is 2.62. The third-order valence-corrected chi connectivity index (χ3v) is 7.48. The van der Waals surface area contributed by atoms with E-state index in [0.29, 0.717) is 12.2 Å². The highest BCUT2D eigenvalue weighted by atomic mass is 16.6. The predicted octanol–water partition coefficient (Wildman–Crippen LogP) is 1.13. The van der Waals surface area contributed by atoms with Crippen molar-refractivity contribution < 1.29 is 34.0 Å². The molecule has 33 heavy (non-hydrogen) atoms. The number of phenolic OH excluding ortho intramolecular Hbond substituents is 1. The van der Waals surface area contributed by atoms with Crippen molar-refractivity contribution in [1.82, 2.24) is 4.90 Å². The molecule has 0 saturated heterocycles. The van der Waals surface area contributed by atoms with Gasteiger partial charge in [0.1, 0.15) is 5.76 Å². The van der Waals surface area contributed by atoms with E-state index in [0.717, 1.165) is 17.7 Å². The molecule has 0 amide bonds. The summed E-state index contributed by atoms with van der Waals surface area (Å²) in [4.78, 5) is 26.5. The average Bonchev–Trinajstić information content (AvgIpc) is 3.11. The molecule has 9 nitrogen and oxygen atoms in total. The number of benzene rings is 1. The number of likely N-dealkylation sites (N-methyl/N-ethyl adjacent to an activating group) is 1. The Labute approximate surface area is 193 Å². The van der Waals surface area contributed by atoms with Crippen LogP contribution in [0.15, 0.2) is 24.0 Å². The van der Waals surface area contributed by atoms with Crippen LogP contribution in [0.4, 0.5) is 0 Å². The normalized spacial score (nSPS) is 30.2. The van der Waals surface area contributed by atoms with E-state index < -0.39 is 35.2 Å². The molecule has 4 N–H and O–H groups in total. The van der Waals surface area contributed by atoms with Gasteiger partial charge in [-0.15, -0.1) is 0 Å². The Morgan fingerprint density at radius 3 is 2.79 bits per heavy atom. The van der Waals surface area contributed by atoms with Gasteiger partial charge in [0.2, 0.25) is 0 Å². The Kier molecular flexibility index (Phi) is 5.92. The molecule has 1 heterocycles. The van der Waals surface area contributed by atoms with Crippen molar-refractivity contribution in [1.29, 1.82) is 0 Å². The zero-order valence-corrected chi connectivity index (χ0v) is 19.5. The SMILES string of the molecule is CCN(C)[C@@H]1Cc2ccc(O)c3c2[C@@]2(C)[C@@H](O3)C(OC(=O)[C@H](C)OC(=O)CCN)=CC[C@@]12O. The fourth-order valence-corrected chi connectivity index (χ4v) is 5.52. The van der Waals surface area contributed by atoms with E-state index in [1.807, 2.05) is 27.0 Å². The van der Waals surface area contributed by atoms with Gasteiger partial charge in [0.25, 0.3) is 0 Å². The van der Waals surface area contributed by atoms with Crippen LogP contribution < -0.4 is 10.5 Å². The highest BCUT2D eigenvalue weighted by molar-refractivity contribution is 5.80. The van der Waals surface area contributed by atoms with Crippen molar-refractivity contribution in [3.63, 3.8) is 0 Å². The van der Waals surface area contributed by atoms with Crippen LogP contribution in [0.2, 0.25) is 0 Å². The third kappa shape index (κ3) is 3.41. The van der Waals surface area contributed by atoms with Crippen molar-refractivity contribution in [2.75, 3.05) is 20.1 Å². The Bertz CT molecular complexity index is 1010. The number of phenols is 1. The summed E-state index contributed by atoms with van der Waals surface area (Å²) in [6.07, 6.45) is 0.548. The summed E-state index contributed by atoms with van der Waals surface area (Å²) in [5.41, 5.74) is 4.90. The minimum atomic E-state index is -1.22. The summed E-state index contributed by atoms with van der Waals surface area (Å²) in [7, 11) is 1.97. The number of esters is 2. The Hall–Kier alpha value is -2.62. The molecule has 1 aromatic carbocycles. The molecule has 1 aromatic rings. The number of carbonyl (C=O) groups excluding carboxylic acids is 2. The fourth-order valence-electron chi connectivity index (χ4n) is 5.52. The molecule has 4 rings (SSSR count). The molecule has 1 aliphatic heterocycles. The van der Waals surface area contributed by atoms with E-state index in [-0.39, 0.29) is 36.9 Å². The molecule has 0 saturated carbocycles. The van der Waals surface area contributed by atoms with Crippen LogP contribution in [0.3, 0.4) is 0 Å². The molecule has 0 spiro atoms. The van der Waals surface area contributed by atoms with Crippen LogP contribution in [-0.2, 0) is 30.9 Å². The number of aromatic hydroxyl groups is 1. The first-order valence-electron chi connectivity index (χ1n) is 11.3. The summed E-state index contributed by atoms with van der Waals surface area (Å²) >= 11 is 0. The number of nitrogens with two attached hydrogens (primary N) is 1. The highest BCUT2D eigenvalue weighted by Gasteiger charge is 2.68. The van der Waals surface area contributed by atoms with Gasteiger partial charge < -0.3 is 35.1 Å². The van der Waals surface area contributed by atoms with Crippen molar-refractivity contribution in [2.45, 2.75) is 69.3 Å². The van der Waals surface area contributed by atoms with Gasteiger partial charge in [0, 0.05) is 24.6 Å². The molecular weight excluding hydrogens is 428 g/mol. The summed E-state index contributed by atoms with van der Waals surface area (Å²) in [5.74, 6) is -0.818. The number of ether oxygens (including phenoxy) is 3. The van der Waals surface area contributed by atoms with E-state index in [1.165, 1.54) is 6.92 Å². The van der Waals surface area contributed by atoms with Crippen LogP contribution in [0.25, 0.3) is 0 Å². The van der Waals surface area contributed by atoms with Crippen LogP contribution in [0.5, 0.6) is 11.5 Å². The quantitative estimate of drug-likeness (QED) is 0.512. The van der Waals surface area contributed by atoms with Crippen molar-refractivity contribution in [2.24, 2.45) is 5.73 Å². The molecule has 180 valence electrons. The second-order valence-corrected chi connectivity index (χ2v) is 9.27. The molecule has 5 atom stereocenters. The van der Waals surface area contributed by atoms with E-state index in [2.05, 4.69) is 4.90 Å². The maximum atomic E-state index is 12.7. The first kappa shape index (κ1) is 23.5. The first-order chi connectivity index (χ1) is 15.6. The molecule has 0 aromatic heterocycles. The maximum Gasteiger partial charge on any atom is 0.352 e. The first-order valence-corrected chi connectivity index (χ1v) is 11.3. The van der Waals surface area contributed by atoms with E-state index in [9.17, 15) is 19.8 Å². The maximum absolute atomic E-state index is 12.7. The minimum absolute atomic E-state index is 0.000847. The molecule has 3 aliphatic rings. The lowest BCUT2D eigenvalue weighted by Gasteiger charge is -2.56. The zero-order chi connectivity index (χ0) is 24.1. The van der Waals surface area contributed by atoms with Gasteiger partial charge in [-0.2, -0.15) is 0 Å². The molecule has 0 radical (unpaired) electrons. The van der Waals surface area contributed by atoms with Crippen LogP contribution >= 0.6 is 0 Å². The van der Waals surface area contributed by atoms with Crippen LogP contribution in [0, 0.1) is 0 Å². The number of carbonyl (C=O) groups is 2. The predicted molar refractivity (Wildman–Crippen MR) is 119 cm³/mol. The standard InChI is InChI=1S/C24H32N2O7/c1-5-26(4)17-12-14-6-7-15(27)20-19(14)23(3)21(33-20)16(8-10-24(17,23)30)32-22(29)13(2)31-18(28)9-11-25/h6-8,13,17,21,27,30H,5,9-12,25H2,1-4H3/t13-,17+,21-,23-,24+/m0/s1. The smallest absolute Gasteiger partial charge is 0.352 e. The van der Waals surface area contributed by atoms with Crippen molar-refractivity contribution >= 4 is 11.9 Å². The number of nitrogens with zero attached hydrogens (tertiary/aromatic N) is 1. The lowest BCUT2D eigenvalue weighted by molar-refractivity contribution is -0.167. The Morgan fingerprint density at radius 2 is 2.12 bits per heavy atom. The summed E-state index contributed by atoms with van der Waals surface area (Å²) in [6.45, 7) is 6.22. The van der Waals surface area contributed by atoms with Gasteiger partial charge >= 0.3 is 11.9 Å². The summed E-state index contributed by atoms with van der Waals surface area (Å²) < 4.78 is 16.9.